The van der Waals surface area contributed by atoms with Crippen LogP contribution in [0.2, 0.25) is 0 Å². The summed E-state index contributed by atoms with van der Waals surface area (Å²) in [5, 5.41) is 15.8. The minimum absolute atomic E-state index is 0.00799. The highest BCUT2D eigenvalue weighted by atomic mass is 19.2. The number of hydrogen-bond donors (Lipinski definition) is 3. The van der Waals surface area contributed by atoms with Crippen LogP contribution in [-0.4, -0.2) is 47.2 Å². The molecule has 2 aliphatic rings. The fourth-order valence-corrected chi connectivity index (χ4v) is 5.84. The molecule has 0 spiro atoms. The predicted octanol–water partition coefficient (Wildman–Crippen LogP) is 4.36. The van der Waals surface area contributed by atoms with Gasteiger partial charge in [0.15, 0.2) is 11.6 Å². The van der Waals surface area contributed by atoms with Gasteiger partial charge in [-0.1, -0.05) is 0 Å². The van der Waals surface area contributed by atoms with E-state index in [1.54, 1.807) is 31.3 Å². The maximum atomic E-state index is 14.7. The lowest BCUT2D eigenvalue weighted by Crippen LogP contribution is -2.44. The van der Waals surface area contributed by atoms with E-state index in [-0.39, 0.29) is 47.3 Å². The maximum absolute atomic E-state index is 14.7. The summed E-state index contributed by atoms with van der Waals surface area (Å²) in [7, 11) is 1.50. The van der Waals surface area contributed by atoms with Crippen LogP contribution in [0.4, 0.5) is 8.78 Å². The van der Waals surface area contributed by atoms with Crippen LogP contribution < -0.4 is 20.5 Å². The number of aliphatic hydroxyl groups is 1. The van der Waals surface area contributed by atoms with Gasteiger partial charge in [-0.3, -0.25) is 14.6 Å². The Kier molecular flexibility index (Phi) is 7.03. The monoisotopic (exact) mass is 602 g/mol. The van der Waals surface area contributed by atoms with E-state index in [9.17, 15) is 23.5 Å². The van der Waals surface area contributed by atoms with Crippen LogP contribution in [0.15, 0.2) is 42.6 Å². The number of nitrogens with zero attached hydrogens (tertiary/aromatic N) is 2. The lowest BCUT2D eigenvalue weighted by molar-refractivity contribution is -0.123. The lowest BCUT2D eigenvalue weighted by atomic mass is 9.81. The number of pyridine rings is 2. The number of aromatic nitrogens is 2. The number of benzene rings is 2. The fourth-order valence-electron chi connectivity index (χ4n) is 5.84. The summed E-state index contributed by atoms with van der Waals surface area (Å²) in [6, 6.07) is 9.13. The van der Waals surface area contributed by atoms with Crippen molar-refractivity contribution in [2.75, 3.05) is 20.3 Å². The highest BCUT2D eigenvalue weighted by molar-refractivity contribution is 6.00. The van der Waals surface area contributed by atoms with Crippen molar-refractivity contribution in [1.82, 2.24) is 15.3 Å². The summed E-state index contributed by atoms with van der Waals surface area (Å²) >= 11 is 0. The number of rotatable bonds is 8. The van der Waals surface area contributed by atoms with Crippen molar-refractivity contribution in [3.63, 3.8) is 0 Å². The molecule has 1 aliphatic carbocycles. The van der Waals surface area contributed by atoms with Gasteiger partial charge in [-0.2, -0.15) is 0 Å². The van der Waals surface area contributed by atoms with E-state index < -0.39 is 34.5 Å². The molecule has 11 heteroatoms. The molecule has 0 saturated heterocycles. The van der Waals surface area contributed by atoms with Crippen molar-refractivity contribution >= 4 is 22.7 Å². The average Bonchev–Trinajstić information content (AvgIpc) is 3.81. The first-order chi connectivity index (χ1) is 20.9. The number of primary amides is 1. The number of methoxy groups -OCH3 is 1. The van der Waals surface area contributed by atoms with Crippen molar-refractivity contribution in [1.29, 1.82) is 0 Å². The predicted molar refractivity (Wildman–Crippen MR) is 158 cm³/mol. The molecule has 4 N–H and O–H groups in total. The zero-order valence-electron chi connectivity index (χ0n) is 24.8. The van der Waals surface area contributed by atoms with Gasteiger partial charge in [-0.05, 0) is 87.1 Å². The normalized spacial score (nSPS) is 18.8. The number of amides is 2. The molecule has 228 valence electrons. The molecule has 0 unspecified atom stereocenters. The van der Waals surface area contributed by atoms with Gasteiger partial charge in [0.2, 0.25) is 5.91 Å². The number of carbonyl (C=O) groups is 2. The Morgan fingerprint density at radius 3 is 2.64 bits per heavy atom. The maximum Gasteiger partial charge on any atom is 0.251 e. The van der Waals surface area contributed by atoms with Crippen molar-refractivity contribution in [2.45, 2.75) is 44.6 Å². The van der Waals surface area contributed by atoms with E-state index in [2.05, 4.69) is 10.3 Å². The molecule has 1 saturated carbocycles. The Labute approximate surface area is 252 Å². The molecular weight excluding hydrogens is 570 g/mol. The van der Waals surface area contributed by atoms with Gasteiger partial charge in [-0.25, -0.2) is 13.8 Å². The third-order valence-corrected chi connectivity index (χ3v) is 8.79. The molecule has 2 amide bonds. The van der Waals surface area contributed by atoms with Crippen LogP contribution in [0.3, 0.4) is 0 Å². The molecule has 0 bridgehead atoms. The van der Waals surface area contributed by atoms with Crippen LogP contribution in [0, 0.1) is 31.4 Å². The Bertz CT molecular complexity index is 1860. The number of aryl methyl sites for hydroxylation is 1. The Morgan fingerprint density at radius 2 is 1.95 bits per heavy atom. The minimum Gasteiger partial charge on any atom is -0.494 e. The van der Waals surface area contributed by atoms with Gasteiger partial charge >= 0.3 is 0 Å². The molecule has 1 aliphatic heterocycles. The molecule has 2 aromatic heterocycles. The Hall–Kier alpha value is -4.64. The third kappa shape index (κ3) is 4.71. The molecule has 44 heavy (non-hydrogen) atoms. The number of hydrogen-bond acceptors (Lipinski definition) is 7. The summed E-state index contributed by atoms with van der Waals surface area (Å²) in [5.41, 5.74) is 5.63. The average molecular weight is 603 g/mol. The van der Waals surface area contributed by atoms with E-state index in [1.165, 1.54) is 20.1 Å². The van der Waals surface area contributed by atoms with Crippen LogP contribution in [-0.2, 0) is 15.8 Å². The molecule has 1 fully saturated rings. The van der Waals surface area contributed by atoms with Gasteiger partial charge in [0, 0.05) is 28.3 Å². The lowest BCUT2D eigenvalue weighted by Gasteiger charge is -2.30. The molecule has 0 radical (unpaired) electrons. The van der Waals surface area contributed by atoms with E-state index in [0.717, 1.165) is 17.0 Å². The van der Waals surface area contributed by atoms with Gasteiger partial charge in [0.05, 0.1) is 19.3 Å². The standard InChI is InChI=1S/C33H32F2N4O5/c1-16-9-18-10-19(11-24(43-4)27(18)37-13-16)30(40)38-14-33(42,20-5-6-20)25-12-22-29(44-15-32(22,3)31(36)41)28(39-25)21-7-8-23(34)26(35)17(21)2/h7-13,20,42H,5-6,14-15H2,1-4H3,(H2,36,41)(H,38,40)/t32-,33+/m0/s1. The first-order valence-corrected chi connectivity index (χ1v) is 14.3. The van der Waals surface area contributed by atoms with Gasteiger partial charge in [0.25, 0.3) is 5.91 Å². The SMILES string of the molecule is COc1cc(C(=O)NC[C@](O)(c2cc3c(c(-c4ccc(F)c(F)c4C)n2)OC[C@]3(C)C(N)=O)C2CC2)cc2cc(C)cnc12. The van der Waals surface area contributed by atoms with Crippen molar-refractivity contribution in [3.8, 4) is 22.8 Å². The zero-order chi connectivity index (χ0) is 31.6. The molecule has 9 nitrogen and oxygen atoms in total. The van der Waals surface area contributed by atoms with Crippen LogP contribution in [0.1, 0.15) is 52.5 Å². The first-order valence-electron chi connectivity index (χ1n) is 14.3. The summed E-state index contributed by atoms with van der Waals surface area (Å²) in [6.45, 7) is 4.64. The number of carbonyl (C=O) groups excluding carboxylic acids is 2. The van der Waals surface area contributed by atoms with Crippen molar-refractivity contribution in [3.05, 3.63) is 82.2 Å². The third-order valence-electron chi connectivity index (χ3n) is 8.79. The van der Waals surface area contributed by atoms with Crippen LogP contribution in [0.25, 0.3) is 22.2 Å². The molecule has 6 rings (SSSR count). The van der Waals surface area contributed by atoms with Gasteiger partial charge < -0.3 is 25.6 Å². The quantitative estimate of drug-likeness (QED) is 0.273. The molecular formula is C33H32F2N4O5. The zero-order valence-corrected chi connectivity index (χ0v) is 24.8. The van der Waals surface area contributed by atoms with Crippen LogP contribution >= 0.6 is 0 Å². The Morgan fingerprint density at radius 1 is 1.20 bits per heavy atom. The summed E-state index contributed by atoms with van der Waals surface area (Å²) in [5.74, 6) is -2.78. The highest BCUT2D eigenvalue weighted by Gasteiger charge is 2.50. The smallest absolute Gasteiger partial charge is 0.251 e. The molecule has 4 aromatic rings. The summed E-state index contributed by atoms with van der Waals surface area (Å²) in [6.07, 6.45) is 3.06. The van der Waals surface area contributed by atoms with E-state index in [1.807, 2.05) is 13.0 Å². The number of ether oxygens (including phenoxy) is 2. The van der Waals surface area contributed by atoms with Crippen LogP contribution in [0.5, 0.6) is 11.5 Å². The second-order valence-corrected chi connectivity index (χ2v) is 11.9. The second-order valence-electron chi connectivity index (χ2n) is 11.9. The summed E-state index contributed by atoms with van der Waals surface area (Å²) in [4.78, 5) is 35.2. The largest absolute Gasteiger partial charge is 0.494 e. The van der Waals surface area contributed by atoms with Gasteiger partial charge in [-0.15, -0.1) is 0 Å². The molecule has 2 aromatic carbocycles. The highest BCUT2D eigenvalue weighted by Crippen LogP contribution is 2.50. The topological polar surface area (TPSA) is 137 Å². The Balaban J connectivity index is 1.42. The number of nitrogens with two attached hydrogens (primary N) is 1. The first kappa shape index (κ1) is 29.4. The second kappa shape index (κ2) is 10.5. The summed E-state index contributed by atoms with van der Waals surface area (Å²) < 4.78 is 40.1. The number of nitrogens with one attached hydrogen (secondary N) is 1. The number of fused-ring (bicyclic) bond motifs is 2. The van der Waals surface area contributed by atoms with E-state index >= 15 is 0 Å². The number of halogens is 2. The van der Waals surface area contributed by atoms with Gasteiger partial charge in [0.1, 0.15) is 40.3 Å². The van der Waals surface area contributed by atoms with Crippen molar-refractivity contribution in [2.24, 2.45) is 11.7 Å². The van der Waals surface area contributed by atoms with Crippen molar-refractivity contribution < 1.29 is 33.0 Å². The molecule has 3 heterocycles. The fraction of sp³-hybridized carbons (Fsp3) is 0.333. The van der Waals surface area contributed by atoms with E-state index in [0.29, 0.717) is 35.2 Å². The minimum atomic E-state index is -1.66. The van der Waals surface area contributed by atoms with E-state index in [4.69, 9.17) is 20.2 Å². The molecule has 2 atom stereocenters.